The number of unbranched alkanes of at least 4 members (excludes halogenated alkanes) is 3. The molecular weight excluding hydrogens is 316 g/mol. The Kier molecular flexibility index (Phi) is 6.61. The minimum atomic E-state index is -0.762. The van der Waals surface area contributed by atoms with Crippen LogP contribution in [0.5, 0.6) is 0 Å². The molecule has 0 spiro atoms. The number of carbonyl (C=O) groups is 2. The van der Waals surface area contributed by atoms with E-state index in [0.717, 1.165) is 19.3 Å². The maximum absolute atomic E-state index is 12.0. The van der Waals surface area contributed by atoms with Gasteiger partial charge in [0.25, 0.3) is 5.91 Å². The summed E-state index contributed by atoms with van der Waals surface area (Å²) in [5, 5.41) is 12.0. The van der Waals surface area contributed by atoms with E-state index in [4.69, 9.17) is 5.11 Å². The van der Waals surface area contributed by atoms with Gasteiger partial charge in [-0.3, -0.25) is 9.59 Å². The normalized spacial score (nSPS) is 10.4. The Balaban J connectivity index is 1.70. The van der Waals surface area contributed by atoms with E-state index >= 15 is 0 Å². The Bertz CT molecular complexity index is 645. The molecule has 0 unspecified atom stereocenters. The van der Waals surface area contributed by atoms with Crippen LogP contribution in [-0.4, -0.2) is 38.5 Å². The van der Waals surface area contributed by atoms with Crippen molar-refractivity contribution in [3.63, 3.8) is 0 Å². The van der Waals surface area contributed by atoms with Gasteiger partial charge < -0.3 is 10.4 Å². The molecule has 2 aromatic heterocycles. The third kappa shape index (κ3) is 5.74. The first-order valence-electron chi connectivity index (χ1n) is 7.40. The second-order valence-electron chi connectivity index (χ2n) is 4.92. The maximum Gasteiger partial charge on any atom is 0.303 e. The highest BCUT2D eigenvalue weighted by Crippen LogP contribution is 2.21. The lowest BCUT2D eigenvalue weighted by molar-refractivity contribution is -0.137. The second kappa shape index (κ2) is 8.94. The van der Waals surface area contributed by atoms with Crippen molar-refractivity contribution in [1.82, 2.24) is 20.3 Å². The molecule has 2 N–H and O–H groups in total. The summed E-state index contributed by atoms with van der Waals surface area (Å²) in [7, 11) is 0. The van der Waals surface area contributed by atoms with E-state index in [-0.39, 0.29) is 12.3 Å². The number of hydrogen-bond acceptors (Lipinski definition) is 6. The van der Waals surface area contributed by atoms with Gasteiger partial charge in [0.1, 0.15) is 4.88 Å². The fourth-order valence-corrected chi connectivity index (χ4v) is 2.72. The Labute approximate surface area is 137 Å². The summed E-state index contributed by atoms with van der Waals surface area (Å²) in [6.07, 6.45) is 8.27. The number of thiazole rings is 1. The number of aromatic nitrogens is 3. The lowest BCUT2D eigenvalue weighted by Gasteiger charge is -2.02. The highest BCUT2D eigenvalue weighted by molar-refractivity contribution is 7.16. The topological polar surface area (TPSA) is 105 Å². The molecule has 8 heteroatoms. The van der Waals surface area contributed by atoms with Crippen molar-refractivity contribution in [2.75, 3.05) is 6.54 Å². The van der Waals surface area contributed by atoms with Crippen molar-refractivity contribution in [2.24, 2.45) is 0 Å². The first-order valence-corrected chi connectivity index (χ1v) is 8.21. The molecule has 0 atom stereocenters. The number of amides is 1. The highest BCUT2D eigenvalue weighted by Gasteiger charge is 2.12. The molecule has 2 rings (SSSR count). The molecule has 0 aromatic carbocycles. The van der Waals surface area contributed by atoms with Crippen molar-refractivity contribution in [2.45, 2.75) is 32.1 Å². The first kappa shape index (κ1) is 17.0. The van der Waals surface area contributed by atoms with E-state index in [9.17, 15) is 9.59 Å². The average Bonchev–Trinajstić information content (AvgIpc) is 3.04. The number of carbonyl (C=O) groups excluding carboxylic acids is 1. The molecule has 0 fully saturated rings. The zero-order chi connectivity index (χ0) is 16.5. The third-order valence-corrected chi connectivity index (χ3v) is 4.08. The SMILES string of the molecule is O=C(O)CCCCCCNC(=O)c1cnc(-c2ncccn2)s1. The molecule has 0 radical (unpaired) electrons. The van der Waals surface area contributed by atoms with Crippen LogP contribution in [0.2, 0.25) is 0 Å². The summed E-state index contributed by atoms with van der Waals surface area (Å²) in [5.74, 6) is -0.410. The van der Waals surface area contributed by atoms with Crippen LogP contribution in [0, 0.1) is 0 Å². The van der Waals surface area contributed by atoms with E-state index in [0.29, 0.717) is 28.7 Å². The van der Waals surface area contributed by atoms with Crippen LogP contribution in [0.25, 0.3) is 10.8 Å². The fourth-order valence-electron chi connectivity index (χ4n) is 1.94. The van der Waals surface area contributed by atoms with Crippen molar-refractivity contribution in [1.29, 1.82) is 0 Å². The molecule has 2 aromatic rings. The zero-order valence-electron chi connectivity index (χ0n) is 12.6. The second-order valence-corrected chi connectivity index (χ2v) is 5.95. The van der Waals surface area contributed by atoms with Crippen molar-refractivity contribution >= 4 is 23.2 Å². The van der Waals surface area contributed by atoms with Gasteiger partial charge in [-0.2, -0.15) is 0 Å². The molecule has 0 saturated carbocycles. The lowest BCUT2D eigenvalue weighted by atomic mass is 10.1. The predicted molar refractivity (Wildman–Crippen MR) is 86.2 cm³/mol. The highest BCUT2D eigenvalue weighted by atomic mass is 32.1. The largest absolute Gasteiger partial charge is 0.481 e. The smallest absolute Gasteiger partial charge is 0.303 e. The average molecular weight is 334 g/mol. The van der Waals surface area contributed by atoms with Crippen molar-refractivity contribution < 1.29 is 14.7 Å². The fraction of sp³-hybridized carbons (Fsp3) is 0.400. The number of carboxylic acid groups (broad SMARTS) is 1. The molecule has 7 nitrogen and oxygen atoms in total. The summed E-state index contributed by atoms with van der Waals surface area (Å²) in [4.78, 5) is 35.3. The molecule has 0 aliphatic rings. The molecule has 1 amide bonds. The van der Waals surface area contributed by atoms with Crippen LogP contribution >= 0.6 is 11.3 Å². The predicted octanol–water partition coefficient (Wildman–Crippen LogP) is 2.37. The monoisotopic (exact) mass is 334 g/mol. The molecule has 0 saturated heterocycles. The van der Waals surface area contributed by atoms with Crippen LogP contribution < -0.4 is 5.32 Å². The summed E-state index contributed by atoms with van der Waals surface area (Å²) < 4.78 is 0. The zero-order valence-corrected chi connectivity index (χ0v) is 13.4. The van der Waals surface area contributed by atoms with Crippen LogP contribution in [-0.2, 0) is 4.79 Å². The Morgan fingerprint density at radius 2 is 1.83 bits per heavy atom. The number of carboxylic acids is 1. The van der Waals surface area contributed by atoms with Gasteiger partial charge >= 0.3 is 5.97 Å². The Hall–Kier alpha value is -2.35. The molecule has 0 bridgehead atoms. The van der Waals surface area contributed by atoms with Gasteiger partial charge in [-0.25, -0.2) is 15.0 Å². The van der Waals surface area contributed by atoms with E-state index in [1.807, 2.05) is 0 Å². The van der Waals surface area contributed by atoms with Crippen molar-refractivity contribution in [3.8, 4) is 10.8 Å². The summed E-state index contributed by atoms with van der Waals surface area (Å²) >= 11 is 1.26. The molecule has 0 aliphatic carbocycles. The third-order valence-electron chi connectivity index (χ3n) is 3.09. The summed E-state index contributed by atoms with van der Waals surface area (Å²) in [6.45, 7) is 0.570. The Morgan fingerprint density at radius 3 is 2.57 bits per heavy atom. The van der Waals surface area contributed by atoms with Crippen molar-refractivity contribution in [3.05, 3.63) is 29.5 Å². The van der Waals surface area contributed by atoms with Gasteiger partial charge in [0.2, 0.25) is 0 Å². The van der Waals surface area contributed by atoms with Crippen LogP contribution in [0.4, 0.5) is 0 Å². The number of nitrogens with zero attached hydrogens (tertiary/aromatic N) is 3. The Morgan fingerprint density at radius 1 is 1.09 bits per heavy atom. The van der Waals surface area contributed by atoms with Crippen LogP contribution in [0.3, 0.4) is 0 Å². The van der Waals surface area contributed by atoms with E-state index in [1.54, 1.807) is 18.5 Å². The first-order chi connectivity index (χ1) is 11.2. The maximum atomic E-state index is 12.0. The molecule has 2 heterocycles. The molecule has 122 valence electrons. The summed E-state index contributed by atoms with van der Waals surface area (Å²) in [5.41, 5.74) is 0. The van der Waals surface area contributed by atoms with E-state index in [2.05, 4.69) is 20.3 Å². The van der Waals surface area contributed by atoms with Gasteiger partial charge in [-0.1, -0.05) is 12.8 Å². The molecule has 0 aliphatic heterocycles. The molecule has 23 heavy (non-hydrogen) atoms. The van der Waals surface area contributed by atoms with Gasteiger partial charge in [-0.05, 0) is 18.9 Å². The van der Waals surface area contributed by atoms with E-state index < -0.39 is 5.97 Å². The number of nitrogens with one attached hydrogen (secondary N) is 1. The number of aliphatic carboxylic acids is 1. The van der Waals surface area contributed by atoms with Gasteiger partial charge in [0.05, 0.1) is 6.20 Å². The quantitative estimate of drug-likeness (QED) is 0.682. The van der Waals surface area contributed by atoms with Crippen LogP contribution in [0.1, 0.15) is 41.8 Å². The number of hydrogen-bond donors (Lipinski definition) is 2. The minimum absolute atomic E-state index is 0.157. The number of rotatable bonds is 9. The minimum Gasteiger partial charge on any atom is -0.481 e. The van der Waals surface area contributed by atoms with Gasteiger partial charge in [0.15, 0.2) is 10.8 Å². The van der Waals surface area contributed by atoms with E-state index in [1.165, 1.54) is 17.5 Å². The van der Waals surface area contributed by atoms with Crippen LogP contribution in [0.15, 0.2) is 24.7 Å². The van der Waals surface area contributed by atoms with Gasteiger partial charge in [0, 0.05) is 25.4 Å². The van der Waals surface area contributed by atoms with Gasteiger partial charge in [-0.15, -0.1) is 11.3 Å². The lowest BCUT2D eigenvalue weighted by Crippen LogP contribution is -2.23. The summed E-state index contributed by atoms with van der Waals surface area (Å²) in [6, 6.07) is 1.72. The molecular formula is C15H18N4O3S. The standard InChI is InChI=1S/C15H18N4O3S/c20-12(21)6-3-1-2-4-7-18-14(22)11-10-19-15(23-11)13-16-8-5-9-17-13/h5,8-10H,1-4,6-7H2,(H,18,22)(H,20,21).